The number of hydrogen-bond acceptors (Lipinski definition) is 3. The van der Waals surface area contributed by atoms with E-state index in [4.69, 9.17) is 0 Å². The van der Waals surface area contributed by atoms with Crippen molar-refractivity contribution < 1.29 is 49.0 Å². The molecule has 4 nitrogen and oxygen atoms in total. The van der Waals surface area contributed by atoms with E-state index in [0.717, 1.165) is 24.1 Å². The number of nitrogens with zero attached hydrogens (tertiary/aromatic N) is 2. The quantitative estimate of drug-likeness (QED) is 0.220. The molecule has 3 aromatic carbocycles. The molecule has 0 aliphatic carbocycles. The fourth-order valence-electron chi connectivity index (χ4n) is 4.37. The second-order valence-electron chi connectivity index (χ2n) is 9.01. The van der Waals surface area contributed by atoms with Gasteiger partial charge in [0.05, 0.1) is 23.8 Å². The number of benzene rings is 3. The van der Waals surface area contributed by atoms with Gasteiger partial charge in [0.15, 0.2) is 0 Å². The van der Waals surface area contributed by atoms with Crippen molar-refractivity contribution in [3.63, 3.8) is 0 Å². The number of hydrogen-bond donors (Lipinski definition) is 0. The molecule has 0 saturated carbocycles. The maximum absolute atomic E-state index is 13.6. The van der Waals surface area contributed by atoms with Gasteiger partial charge in [-0.3, -0.25) is 9.88 Å². The molecule has 1 aromatic heterocycles. The molecule has 13 heteroatoms. The first kappa shape index (κ1) is 29.7. The fourth-order valence-corrected chi connectivity index (χ4v) is 4.37. The zero-order chi connectivity index (χ0) is 30.2. The standard InChI is InChI=1S/C28H19F9N2O2/c1-41-25(40)39(14-16-9-20(27(32,33)34)12-21(10-16)28(35,36)37)15-18-11-19(26(29,30)31)5-6-22(18)24-4-2-3-17-13-38-8-7-23(17)24/h2-13H,14-15H2,1H3. The van der Waals surface area contributed by atoms with Crippen LogP contribution in [0.2, 0.25) is 0 Å². The number of methoxy groups -OCH3 is 1. The van der Waals surface area contributed by atoms with Crippen molar-refractivity contribution in [1.29, 1.82) is 0 Å². The average Bonchev–Trinajstić information content (AvgIpc) is 2.90. The van der Waals surface area contributed by atoms with Gasteiger partial charge in [-0.1, -0.05) is 24.3 Å². The van der Waals surface area contributed by atoms with Crippen LogP contribution in [0.25, 0.3) is 21.9 Å². The average molecular weight is 586 g/mol. The van der Waals surface area contributed by atoms with Gasteiger partial charge in [0, 0.05) is 30.9 Å². The predicted molar refractivity (Wildman–Crippen MR) is 130 cm³/mol. The molecule has 0 atom stereocenters. The van der Waals surface area contributed by atoms with E-state index < -0.39 is 60.0 Å². The zero-order valence-electron chi connectivity index (χ0n) is 21.0. The summed E-state index contributed by atoms with van der Waals surface area (Å²) in [5, 5.41) is 1.27. The topological polar surface area (TPSA) is 42.4 Å². The third-order valence-electron chi connectivity index (χ3n) is 6.22. The molecular weight excluding hydrogens is 567 g/mol. The minimum atomic E-state index is -5.14. The Kier molecular flexibility index (Phi) is 7.92. The Bertz CT molecular complexity index is 1540. The Balaban J connectivity index is 1.84. The van der Waals surface area contributed by atoms with E-state index in [1.54, 1.807) is 24.3 Å². The van der Waals surface area contributed by atoms with Crippen molar-refractivity contribution in [2.45, 2.75) is 31.6 Å². The molecule has 0 radical (unpaired) electrons. The number of halogens is 9. The lowest BCUT2D eigenvalue weighted by Gasteiger charge is -2.25. The molecule has 1 heterocycles. The van der Waals surface area contributed by atoms with Crippen LogP contribution in [0.4, 0.5) is 44.3 Å². The molecular formula is C28H19F9N2O2. The lowest BCUT2D eigenvalue weighted by atomic mass is 9.93. The highest BCUT2D eigenvalue weighted by Gasteiger charge is 2.37. The maximum atomic E-state index is 13.6. The molecule has 4 aromatic rings. The number of pyridine rings is 1. The van der Waals surface area contributed by atoms with Crippen LogP contribution in [-0.4, -0.2) is 23.1 Å². The van der Waals surface area contributed by atoms with Gasteiger partial charge in [-0.2, -0.15) is 39.5 Å². The van der Waals surface area contributed by atoms with Gasteiger partial charge in [0.25, 0.3) is 0 Å². The van der Waals surface area contributed by atoms with Crippen LogP contribution in [-0.2, 0) is 36.4 Å². The summed E-state index contributed by atoms with van der Waals surface area (Å²) in [6.45, 7) is -1.46. The molecule has 4 rings (SSSR count). The van der Waals surface area contributed by atoms with Gasteiger partial charge in [0.1, 0.15) is 0 Å². The number of ether oxygens (including phenoxy) is 1. The van der Waals surface area contributed by atoms with Crippen LogP contribution in [0.1, 0.15) is 27.8 Å². The van der Waals surface area contributed by atoms with Gasteiger partial charge in [0.2, 0.25) is 0 Å². The number of carbonyl (C=O) groups excluding carboxylic acids is 1. The van der Waals surface area contributed by atoms with E-state index in [-0.39, 0.29) is 17.2 Å². The first-order valence-corrected chi connectivity index (χ1v) is 11.7. The predicted octanol–water partition coefficient (Wildman–Crippen LogP) is 8.73. The number of carbonyl (C=O) groups is 1. The molecule has 0 aliphatic rings. The van der Waals surface area contributed by atoms with Gasteiger partial charge in [-0.05, 0) is 64.0 Å². The Morgan fingerprint density at radius 3 is 1.98 bits per heavy atom. The van der Waals surface area contributed by atoms with Crippen LogP contribution in [0.5, 0.6) is 0 Å². The summed E-state index contributed by atoms with van der Waals surface area (Å²) in [4.78, 5) is 17.4. The van der Waals surface area contributed by atoms with Crippen molar-refractivity contribution >= 4 is 16.9 Å². The molecule has 216 valence electrons. The molecule has 41 heavy (non-hydrogen) atoms. The summed E-state index contributed by atoms with van der Waals surface area (Å²) in [6, 6.07) is 10.2. The maximum Gasteiger partial charge on any atom is 0.416 e. The summed E-state index contributed by atoms with van der Waals surface area (Å²) in [5.41, 5.74) is -4.17. The minimum absolute atomic E-state index is 0.0632. The third kappa shape index (κ3) is 6.72. The van der Waals surface area contributed by atoms with Crippen molar-refractivity contribution in [3.8, 4) is 11.1 Å². The van der Waals surface area contributed by atoms with Crippen LogP contribution in [0.3, 0.4) is 0 Å². The van der Waals surface area contributed by atoms with Crippen molar-refractivity contribution in [2.24, 2.45) is 0 Å². The highest BCUT2D eigenvalue weighted by atomic mass is 19.4. The van der Waals surface area contributed by atoms with E-state index in [2.05, 4.69) is 9.72 Å². The van der Waals surface area contributed by atoms with Crippen molar-refractivity contribution in [1.82, 2.24) is 9.88 Å². The van der Waals surface area contributed by atoms with Gasteiger partial charge >= 0.3 is 24.6 Å². The van der Waals surface area contributed by atoms with Crippen LogP contribution in [0.15, 0.2) is 73.1 Å². The molecule has 1 amide bonds. The van der Waals surface area contributed by atoms with E-state index in [0.29, 0.717) is 28.5 Å². The molecule has 0 N–H and O–H groups in total. The molecule has 0 bridgehead atoms. The molecule has 0 unspecified atom stereocenters. The summed E-state index contributed by atoms with van der Waals surface area (Å²) in [7, 11) is 0.924. The second kappa shape index (κ2) is 10.9. The minimum Gasteiger partial charge on any atom is -0.453 e. The Morgan fingerprint density at radius 2 is 1.39 bits per heavy atom. The smallest absolute Gasteiger partial charge is 0.416 e. The number of aromatic nitrogens is 1. The third-order valence-corrected chi connectivity index (χ3v) is 6.22. The van der Waals surface area contributed by atoms with Crippen LogP contribution >= 0.6 is 0 Å². The van der Waals surface area contributed by atoms with Crippen molar-refractivity contribution in [2.75, 3.05) is 7.11 Å². The van der Waals surface area contributed by atoms with E-state index in [1.165, 1.54) is 18.5 Å². The lowest BCUT2D eigenvalue weighted by Crippen LogP contribution is -2.30. The normalized spacial score (nSPS) is 12.4. The van der Waals surface area contributed by atoms with E-state index in [1.807, 2.05) is 0 Å². The molecule has 0 fully saturated rings. The van der Waals surface area contributed by atoms with Gasteiger partial charge in [-0.15, -0.1) is 0 Å². The SMILES string of the molecule is COC(=O)N(Cc1cc(C(F)(F)F)cc(C(F)(F)F)c1)Cc1cc(C(F)(F)F)ccc1-c1cccc2cnccc12. The highest BCUT2D eigenvalue weighted by molar-refractivity contribution is 5.97. The lowest BCUT2D eigenvalue weighted by molar-refractivity contribution is -0.143. The van der Waals surface area contributed by atoms with E-state index in [9.17, 15) is 44.3 Å². The van der Waals surface area contributed by atoms with Crippen LogP contribution in [0, 0.1) is 0 Å². The fraction of sp³-hybridized carbons (Fsp3) is 0.214. The number of alkyl halides is 9. The first-order valence-electron chi connectivity index (χ1n) is 11.7. The number of fused-ring (bicyclic) bond motifs is 1. The van der Waals surface area contributed by atoms with Crippen molar-refractivity contribution in [3.05, 3.63) is 101 Å². The number of rotatable bonds is 5. The Labute approximate surface area is 227 Å². The molecule has 0 aliphatic heterocycles. The number of amides is 1. The molecule has 0 saturated heterocycles. The Morgan fingerprint density at radius 1 is 0.756 bits per heavy atom. The summed E-state index contributed by atoms with van der Waals surface area (Å²) < 4.78 is 126. The summed E-state index contributed by atoms with van der Waals surface area (Å²) in [5.74, 6) is 0. The highest BCUT2D eigenvalue weighted by Crippen LogP contribution is 2.38. The first-order chi connectivity index (χ1) is 19.1. The van der Waals surface area contributed by atoms with Crippen LogP contribution < -0.4 is 0 Å². The van der Waals surface area contributed by atoms with Gasteiger partial charge < -0.3 is 4.74 Å². The summed E-state index contributed by atoms with van der Waals surface area (Å²) >= 11 is 0. The Hall–Kier alpha value is -4.29. The zero-order valence-corrected chi connectivity index (χ0v) is 21.0. The second-order valence-corrected chi connectivity index (χ2v) is 9.01. The van der Waals surface area contributed by atoms with E-state index >= 15 is 0 Å². The monoisotopic (exact) mass is 586 g/mol. The van der Waals surface area contributed by atoms with Gasteiger partial charge in [-0.25, -0.2) is 4.79 Å². The largest absolute Gasteiger partial charge is 0.453 e. The summed E-state index contributed by atoms with van der Waals surface area (Å²) in [6.07, 6.45) is -13.2. The molecule has 0 spiro atoms.